The van der Waals surface area contributed by atoms with Gasteiger partial charge < -0.3 is 10.6 Å². The zero-order valence-electron chi connectivity index (χ0n) is 10.9. The molecule has 16 heavy (non-hydrogen) atoms. The van der Waals surface area contributed by atoms with Crippen LogP contribution in [0.25, 0.3) is 0 Å². The molecule has 2 N–H and O–H groups in total. The van der Waals surface area contributed by atoms with Crippen LogP contribution in [-0.4, -0.2) is 23.5 Å². The van der Waals surface area contributed by atoms with E-state index < -0.39 is 0 Å². The van der Waals surface area contributed by atoms with Gasteiger partial charge in [0, 0.05) is 17.6 Å². The monoisotopic (exact) mass is 224 g/mol. The highest BCUT2D eigenvalue weighted by atomic mass is 16.1. The van der Waals surface area contributed by atoms with Crippen molar-refractivity contribution >= 4 is 5.91 Å². The Balaban J connectivity index is 2.54. The first-order valence-electron chi connectivity index (χ1n) is 5.94. The van der Waals surface area contributed by atoms with Gasteiger partial charge in [0.05, 0.1) is 0 Å². The standard InChI is InChI=1S/C13H24N2O/c1-6-11(16)14-9-10-7-12(2,3)15-13(4,5)8-10/h6,10,15H,1,7-9H2,2-5H3,(H,14,16). The normalized spacial score (nSPS) is 23.8. The van der Waals surface area contributed by atoms with E-state index in [0.717, 1.165) is 19.4 Å². The summed E-state index contributed by atoms with van der Waals surface area (Å²) in [4.78, 5) is 11.1. The van der Waals surface area contributed by atoms with Crippen LogP contribution in [0.1, 0.15) is 40.5 Å². The molecule has 1 heterocycles. The Bertz CT molecular complexity index is 266. The Hall–Kier alpha value is -0.830. The maximum atomic E-state index is 11.1. The fraction of sp³-hybridized carbons (Fsp3) is 0.769. The van der Waals surface area contributed by atoms with Crippen molar-refractivity contribution in [3.05, 3.63) is 12.7 Å². The molecule has 1 aliphatic rings. The van der Waals surface area contributed by atoms with Crippen molar-refractivity contribution in [2.24, 2.45) is 5.92 Å². The van der Waals surface area contributed by atoms with Gasteiger partial charge in [-0.15, -0.1) is 0 Å². The summed E-state index contributed by atoms with van der Waals surface area (Å²) in [6.45, 7) is 13.1. The Morgan fingerprint density at radius 1 is 1.38 bits per heavy atom. The first-order chi connectivity index (χ1) is 7.24. The van der Waals surface area contributed by atoms with Gasteiger partial charge in [-0.1, -0.05) is 6.58 Å². The second-order valence-corrected chi connectivity index (χ2v) is 6.12. The van der Waals surface area contributed by atoms with Crippen LogP contribution in [0.2, 0.25) is 0 Å². The molecule has 0 unspecified atom stereocenters. The zero-order valence-corrected chi connectivity index (χ0v) is 10.9. The number of carbonyl (C=O) groups excluding carboxylic acids is 1. The molecule has 0 bridgehead atoms. The summed E-state index contributed by atoms with van der Waals surface area (Å²) in [7, 11) is 0. The first-order valence-corrected chi connectivity index (χ1v) is 5.94. The molecular weight excluding hydrogens is 200 g/mol. The fourth-order valence-electron chi connectivity index (χ4n) is 3.00. The summed E-state index contributed by atoms with van der Waals surface area (Å²) in [5.74, 6) is 0.462. The van der Waals surface area contributed by atoms with Crippen molar-refractivity contribution in [1.29, 1.82) is 0 Å². The summed E-state index contributed by atoms with van der Waals surface area (Å²) < 4.78 is 0. The van der Waals surface area contributed by atoms with Crippen LogP contribution in [0, 0.1) is 5.92 Å². The molecule has 0 radical (unpaired) electrons. The Morgan fingerprint density at radius 2 is 1.88 bits per heavy atom. The van der Waals surface area contributed by atoms with Crippen LogP contribution < -0.4 is 10.6 Å². The molecular formula is C13H24N2O. The van der Waals surface area contributed by atoms with Crippen molar-refractivity contribution < 1.29 is 4.79 Å². The van der Waals surface area contributed by atoms with E-state index in [2.05, 4.69) is 44.9 Å². The summed E-state index contributed by atoms with van der Waals surface area (Å²) in [6, 6.07) is 0. The van der Waals surface area contributed by atoms with Crippen molar-refractivity contribution in [1.82, 2.24) is 10.6 Å². The molecule has 1 fully saturated rings. The van der Waals surface area contributed by atoms with E-state index in [4.69, 9.17) is 0 Å². The van der Waals surface area contributed by atoms with Crippen LogP contribution in [0.3, 0.4) is 0 Å². The van der Waals surface area contributed by atoms with Crippen LogP contribution in [0.4, 0.5) is 0 Å². The van der Waals surface area contributed by atoms with Gasteiger partial charge in [-0.2, -0.15) is 0 Å². The topological polar surface area (TPSA) is 41.1 Å². The lowest BCUT2D eigenvalue weighted by Crippen LogP contribution is -2.58. The van der Waals surface area contributed by atoms with Crippen LogP contribution in [0.5, 0.6) is 0 Å². The van der Waals surface area contributed by atoms with E-state index in [9.17, 15) is 4.79 Å². The van der Waals surface area contributed by atoms with Gasteiger partial charge in [-0.05, 0) is 52.5 Å². The van der Waals surface area contributed by atoms with Crippen molar-refractivity contribution in [2.45, 2.75) is 51.6 Å². The SMILES string of the molecule is C=CC(=O)NCC1CC(C)(C)NC(C)(C)C1. The van der Waals surface area contributed by atoms with Crippen LogP contribution in [0.15, 0.2) is 12.7 Å². The quantitative estimate of drug-likeness (QED) is 0.718. The molecule has 0 aliphatic carbocycles. The van der Waals surface area contributed by atoms with Gasteiger partial charge in [0.15, 0.2) is 0 Å². The van der Waals surface area contributed by atoms with Crippen molar-refractivity contribution in [3.8, 4) is 0 Å². The lowest BCUT2D eigenvalue weighted by Gasteiger charge is -2.46. The van der Waals surface area contributed by atoms with Crippen molar-refractivity contribution in [3.63, 3.8) is 0 Å². The largest absolute Gasteiger partial charge is 0.352 e. The highest BCUT2D eigenvalue weighted by Gasteiger charge is 2.37. The minimum atomic E-state index is -0.0749. The van der Waals surface area contributed by atoms with Crippen LogP contribution >= 0.6 is 0 Å². The third-order valence-corrected chi connectivity index (χ3v) is 3.03. The molecule has 0 aromatic heterocycles. The molecule has 1 saturated heterocycles. The first kappa shape index (κ1) is 13.2. The number of nitrogens with one attached hydrogen (secondary N) is 2. The molecule has 0 aromatic carbocycles. The summed E-state index contributed by atoms with van der Waals surface area (Å²) in [5.41, 5.74) is 0.288. The van der Waals surface area contributed by atoms with E-state index in [1.54, 1.807) is 0 Å². The lowest BCUT2D eigenvalue weighted by molar-refractivity contribution is -0.116. The highest BCUT2D eigenvalue weighted by molar-refractivity contribution is 5.86. The molecule has 3 heteroatoms. The minimum absolute atomic E-state index is 0.0749. The van der Waals surface area contributed by atoms with Crippen LogP contribution in [-0.2, 0) is 4.79 Å². The van der Waals surface area contributed by atoms with E-state index in [-0.39, 0.29) is 17.0 Å². The van der Waals surface area contributed by atoms with Gasteiger partial charge in [0.25, 0.3) is 0 Å². The Kier molecular flexibility index (Phi) is 3.79. The molecule has 0 aromatic rings. The molecule has 0 atom stereocenters. The molecule has 0 saturated carbocycles. The molecule has 3 nitrogen and oxygen atoms in total. The number of piperidine rings is 1. The van der Waals surface area contributed by atoms with Gasteiger partial charge >= 0.3 is 0 Å². The highest BCUT2D eigenvalue weighted by Crippen LogP contribution is 2.32. The average molecular weight is 224 g/mol. The maximum absolute atomic E-state index is 11.1. The maximum Gasteiger partial charge on any atom is 0.243 e. The third kappa shape index (κ3) is 3.97. The molecule has 0 spiro atoms. The minimum Gasteiger partial charge on any atom is -0.352 e. The predicted molar refractivity (Wildman–Crippen MR) is 67.2 cm³/mol. The molecule has 92 valence electrons. The average Bonchev–Trinajstić information content (AvgIpc) is 2.09. The summed E-state index contributed by atoms with van der Waals surface area (Å²) in [6.07, 6.45) is 3.51. The van der Waals surface area contributed by atoms with Gasteiger partial charge in [0.2, 0.25) is 5.91 Å². The lowest BCUT2D eigenvalue weighted by atomic mass is 9.76. The fourth-order valence-corrected chi connectivity index (χ4v) is 3.00. The van der Waals surface area contributed by atoms with E-state index in [1.807, 2.05) is 0 Å². The summed E-state index contributed by atoms with van der Waals surface area (Å²) in [5, 5.41) is 6.52. The molecule has 1 amide bonds. The van der Waals surface area contributed by atoms with E-state index in [0.29, 0.717) is 5.92 Å². The number of carbonyl (C=O) groups is 1. The number of hydrogen-bond acceptors (Lipinski definition) is 2. The second kappa shape index (κ2) is 4.58. The van der Waals surface area contributed by atoms with E-state index in [1.165, 1.54) is 6.08 Å². The third-order valence-electron chi connectivity index (χ3n) is 3.03. The molecule has 1 rings (SSSR count). The molecule has 1 aliphatic heterocycles. The Morgan fingerprint density at radius 3 is 2.31 bits per heavy atom. The Labute approximate surface area is 98.7 Å². The predicted octanol–water partition coefficient (Wildman–Crippen LogP) is 1.85. The van der Waals surface area contributed by atoms with E-state index >= 15 is 0 Å². The zero-order chi connectivity index (χ0) is 12.4. The smallest absolute Gasteiger partial charge is 0.243 e. The van der Waals surface area contributed by atoms with Gasteiger partial charge in [-0.25, -0.2) is 0 Å². The number of amides is 1. The van der Waals surface area contributed by atoms with Gasteiger partial charge in [-0.3, -0.25) is 4.79 Å². The van der Waals surface area contributed by atoms with Gasteiger partial charge in [0.1, 0.15) is 0 Å². The summed E-state index contributed by atoms with van der Waals surface area (Å²) >= 11 is 0. The number of rotatable bonds is 3. The number of hydrogen-bond donors (Lipinski definition) is 2. The van der Waals surface area contributed by atoms with Crippen molar-refractivity contribution in [2.75, 3.05) is 6.54 Å². The second-order valence-electron chi connectivity index (χ2n) is 6.12.